The van der Waals surface area contributed by atoms with Crippen LogP contribution >= 0.6 is 0 Å². The summed E-state index contributed by atoms with van der Waals surface area (Å²) in [7, 11) is 0. The fraction of sp³-hybridized carbons (Fsp3) is 0.500. The Hall–Kier alpha value is -1.58. The van der Waals surface area contributed by atoms with E-state index in [0.29, 0.717) is 12.3 Å². The van der Waals surface area contributed by atoms with Crippen LogP contribution in [0, 0.1) is 11.2 Å². The van der Waals surface area contributed by atoms with Gasteiger partial charge in [-0.25, -0.2) is 9.18 Å². The number of nitrogens with two attached hydrogens (primary N) is 1. The van der Waals surface area contributed by atoms with Gasteiger partial charge < -0.3 is 10.5 Å². The molecule has 18 heavy (non-hydrogen) atoms. The van der Waals surface area contributed by atoms with Gasteiger partial charge in [0.1, 0.15) is 5.82 Å². The number of carbonyl (C=O) groups is 1. The minimum Gasteiger partial charge on any atom is -0.462 e. The minimum absolute atomic E-state index is 0.106. The Balaban J connectivity index is 2.48. The first-order valence-electron chi connectivity index (χ1n) is 6.02. The molecular formula is C14H20FNO2. The van der Waals surface area contributed by atoms with Crippen LogP contribution in [0.25, 0.3) is 0 Å². The standard InChI is InChI=1S/C14H20FNO2/c1-14(2,3)7-4-8-18-13(17)11-9-10(16)5-6-12(11)15/h5-6,9H,4,7-8,16H2,1-3H3. The van der Waals surface area contributed by atoms with Gasteiger partial charge in [-0.1, -0.05) is 20.8 Å². The van der Waals surface area contributed by atoms with E-state index in [9.17, 15) is 9.18 Å². The number of hydrogen-bond donors (Lipinski definition) is 1. The molecule has 0 atom stereocenters. The molecule has 0 aliphatic carbocycles. The number of benzene rings is 1. The second kappa shape index (κ2) is 5.85. The van der Waals surface area contributed by atoms with Crippen LogP contribution < -0.4 is 5.73 Å². The van der Waals surface area contributed by atoms with Crippen LogP contribution in [-0.2, 0) is 4.74 Å². The van der Waals surface area contributed by atoms with Gasteiger partial charge in [-0.2, -0.15) is 0 Å². The van der Waals surface area contributed by atoms with Crippen molar-refractivity contribution in [1.29, 1.82) is 0 Å². The van der Waals surface area contributed by atoms with E-state index in [2.05, 4.69) is 20.8 Å². The molecule has 3 nitrogen and oxygen atoms in total. The van der Waals surface area contributed by atoms with E-state index >= 15 is 0 Å². The van der Waals surface area contributed by atoms with Crippen LogP contribution in [0.3, 0.4) is 0 Å². The molecule has 0 fully saturated rings. The van der Waals surface area contributed by atoms with Crippen molar-refractivity contribution in [2.75, 3.05) is 12.3 Å². The maximum Gasteiger partial charge on any atom is 0.341 e. The van der Waals surface area contributed by atoms with Crippen molar-refractivity contribution in [3.63, 3.8) is 0 Å². The van der Waals surface area contributed by atoms with Crippen LogP contribution in [0.5, 0.6) is 0 Å². The molecule has 0 radical (unpaired) electrons. The molecule has 0 saturated heterocycles. The molecule has 0 amide bonds. The summed E-state index contributed by atoms with van der Waals surface area (Å²) in [6.07, 6.45) is 1.71. The van der Waals surface area contributed by atoms with Crippen LogP contribution in [0.1, 0.15) is 44.0 Å². The van der Waals surface area contributed by atoms with Crippen molar-refractivity contribution in [3.8, 4) is 0 Å². The first-order valence-corrected chi connectivity index (χ1v) is 6.02. The zero-order valence-electron chi connectivity index (χ0n) is 11.1. The van der Waals surface area contributed by atoms with E-state index < -0.39 is 11.8 Å². The number of hydrogen-bond acceptors (Lipinski definition) is 3. The van der Waals surface area contributed by atoms with Gasteiger partial charge in [0, 0.05) is 5.69 Å². The highest BCUT2D eigenvalue weighted by molar-refractivity contribution is 5.90. The number of rotatable bonds is 4. The Bertz CT molecular complexity index is 424. The van der Waals surface area contributed by atoms with E-state index in [1.54, 1.807) is 0 Å². The van der Waals surface area contributed by atoms with Gasteiger partial charge >= 0.3 is 5.97 Å². The first kappa shape index (κ1) is 14.5. The molecule has 0 unspecified atom stereocenters. The summed E-state index contributed by atoms with van der Waals surface area (Å²) >= 11 is 0. The van der Waals surface area contributed by atoms with Crippen LogP contribution in [0.2, 0.25) is 0 Å². The number of nitrogen functional groups attached to an aromatic ring is 1. The fourth-order valence-electron chi connectivity index (χ4n) is 1.54. The largest absolute Gasteiger partial charge is 0.462 e. The third-order valence-electron chi connectivity index (χ3n) is 2.51. The van der Waals surface area contributed by atoms with Gasteiger partial charge in [-0.15, -0.1) is 0 Å². The summed E-state index contributed by atoms with van der Waals surface area (Å²) in [5.41, 5.74) is 5.95. The Labute approximate surface area is 107 Å². The molecule has 4 heteroatoms. The van der Waals surface area contributed by atoms with Gasteiger partial charge in [0.05, 0.1) is 12.2 Å². The predicted molar refractivity (Wildman–Crippen MR) is 69.8 cm³/mol. The molecule has 0 aromatic heterocycles. The van der Waals surface area contributed by atoms with E-state index in [4.69, 9.17) is 10.5 Å². The van der Waals surface area contributed by atoms with Crippen LogP contribution in [0.4, 0.5) is 10.1 Å². The zero-order chi connectivity index (χ0) is 13.8. The van der Waals surface area contributed by atoms with Crippen molar-refractivity contribution >= 4 is 11.7 Å². The SMILES string of the molecule is CC(C)(C)CCCOC(=O)c1cc(N)ccc1F. The lowest BCUT2D eigenvalue weighted by Crippen LogP contribution is -2.11. The third-order valence-corrected chi connectivity index (χ3v) is 2.51. The quantitative estimate of drug-likeness (QED) is 0.508. The summed E-state index contributed by atoms with van der Waals surface area (Å²) in [5, 5.41) is 0. The molecule has 0 bridgehead atoms. The van der Waals surface area contributed by atoms with E-state index in [1.165, 1.54) is 18.2 Å². The highest BCUT2D eigenvalue weighted by atomic mass is 19.1. The lowest BCUT2D eigenvalue weighted by molar-refractivity contribution is 0.0482. The third kappa shape index (κ3) is 4.73. The molecule has 100 valence electrons. The Kier molecular flexibility index (Phi) is 4.70. The summed E-state index contributed by atoms with van der Waals surface area (Å²) < 4.78 is 18.4. The molecule has 0 aliphatic heterocycles. The molecule has 1 aromatic rings. The van der Waals surface area contributed by atoms with Gasteiger partial charge in [0.2, 0.25) is 0 Å². The Morgan fingerprint density at radius 1 is 1.39 bits per heavy atom. The maximum absolute atomic E-state index is 13.4. The van der Waals surface area contributed by atoms with Crippen molar-refractivity contribution in [2.24, 2.45) is 5.41 Å². The highest BCUT2D eigenvalue weighted by Crippen LogP contribution is 2.20. The van der Waals surface area contributed by atoms with Crippen LogP contribution in [-0.4, -0.2) is 12.6 Å². The molecule has 0 saturated carbocycles. The zero-order valence-corrected chi connectivity index (χ0v) is 11.1. The summed E-state index contributed by atoms with van der Waals surface area (Å²) in [6.45, 7) is 6.65. The summed E-state index contributed by atoms with van der Waals surface area (Å²) in [6, 6.07) is 3.87. The highest BCUT2D eigenvalue weighted by Gasteiger charge is 2.14. The van der Waals surface area contributed by atoms with E-state index in [0.717, 1.165) is 12.8 Å². The summed E-state index contributed by atoms with van der Waals surface area (Å²) in [4.78, 5) is 11.6. The lowest BCUT2D eigenvalue weighted by Gasteiger charge is -2.17. The first-order chi connectivity index (χ1) is 8.29. The normalized spacial score (nSPS) is 11.3. The smallest absolute Gasteiger partial charge is 0.341 e. The van der Waals surface area contributed by atoms with Crippen molar-refractivity contribution in [3.05, 3.63) is 29.6 Å². The van der Waals surface area contributed by atoms with Crippen molar-refractivity contribution in [2.45, 2.75) is 33.6 Å². The van der Waals surface area contributed by atoms with Gasteiger partial charge in [-0.05, 0) is 36.5 Å². The number of anilines is 1. The fourth-order valence-corrected chi connectivity index (χ4v) is 1.54. The number of esters is 1. The van der Waals surface area contributed by atoms with Gasteiger partial charge in [0.25, 0.3) is 0 Å². The second-order valence-corrected chi connectivity index (χ2v) is 5.54. The molecule has 0 aliphatic rings. The van der Waals surface area contributed by atoms with E-state index in [1.807, 2.05) is 0 Å². The van der Waals surface area contributed by atoms with Crippen molar-refractivity contribution in [1.82, 2.24) is 0 Å². The Morgan fingerprint density at radius 2 is 2.06 bits per heavy atom. The predicted octanol–water partition coefficient (Wildman–Crippen LogP) is 3.39. The lowest BCUT2D eigenvalue weighted by atomic mass is 9.91. The number of halogens is 1. The number of ether oxygens (including phenoxy) is 1. The molecular weight excluding hydrogens is 233 g/mol. The topological polar surface area (TPSA) is 52.3 Å². The van der Waals surface area contributed by atoms with E-state index in [-0.39, 0.29) is 11.0 Å². The average molecular weight is 253 g/mol. The maximum atomic E-state index is 13.4. The Morgan fingerprint density at radius 3 is 2.67 bits per heavy atom. The molecule has 0 heterocycles. The van der Waals surface area contributed by atoms with Crippen LogP contribution in [0.15, 0.2) is 18.2 Å². The second-order valence-electron chi connectivity index (χ2n) is 5.54. The average Bonchev–Trinajstić information content (AvgIpc) is 2.26. The molecule has 2 N–H and O–H groups in total. The molecule has 1 aromatic carbocycles. The van der Waals surface area contributed by atoms with Crippen molar-refractivity contribution < 1.29 is 13.9 Å². The van der Waals surface area contributed by atoms with Gasteiger partial charge in [0.15, 0.2) is 0 Å². The molecule has 1 rings (SSSR count). The minimum atomic E-state index is -0.659. The summed E-state index contributed by atoms with van der Waals surface area (Å²) in [5.74, 6) is -1.27. The molecule has 0 spiro atoms. The van der Waals surface area contributed by atoms with Gasteiger partial charge in [-0.3, -0.25) is 0 Å². The number of carbonyl (C=O) groups excluding carboxylic acids is 1. The monoisotopic (exact) mass is 253 g/mol.